The maximum absolute atomic E-state index is 6.95. The van der Waals surface area contributed by atoms with E-state index in [1.165, 1.54) is 37.7 Å². The van der Waals surface area contributed by atoms with E-state index in [1.807, 2.05) is 23.0 Å². The van der Waals surface area contributed by atoms with Crippen LogP contribution in [0.5, 0.6) is 11.5 Å². The van der Waals surface area contributed by atoms with Crippen molar-refractivity contribution in [3.63, 3.8) is 0 Å². The van der Waals surface area contributed by atoms with Gasteiger partial charge in [-0.3, -0.25) is 0 Å². The molecule has 1 aromatic heterocycles. The zero-order valence-electron chi connectivity index (χ0n) is 26.7. The summed E-state index contributed by atoms with van der Waals surface area (Å²) in [6.07, 6.45) is 10.8. The van der Waals surface area contributed by atoms with E-state index in [9.17, 15) is 0 Å². The summed E-state index contributed by atoms with van der Waals surface area (Å²) >= 11 is 0. The Bertz CT molecular complexity index is 1490. The Morgan fingerprint density at radius 2 is 1.86 bits per heavy atom. The summed E-state index contributed by atoms with van der Waals surface area (Å²) in [5, 5.41) is 8.65. The largest absolute Gasteiger partial charge is 0.497 e. The third-order valence-corrected chi connectivity index (χ3v) is 12.4. The van der Waals surface area contributed by atoms with E-state index in [0.29, 0.717) is 48.3 Å². The molecule has 0 amide bonds. The van der Waals surface area contributed by atoms with Gasteiger partial charge in [0.05, 0.1) is 32.6 Å². The fourth-order valence-electron chi connectivity index (χ4n) is 10.2. The van der Waals surface area contributed by atoms with E-state index in [1.54, 1.807) is 12.7 Å². The Morgan fingerprint density at radius 3 is 2.66 bits per heavy atom. The highest BCUT2D eigenvalue weighted by atomic mass is 16.7. The van der Waals surface area contributed by atoms with Crippen LogP contribution in [-0.2, 0) is 29.0 Å². The molecule has 0 N–H and O–H groups in total. The summed E-state index contributed by atoms with van der Waals surface area (Å²) in [4.78, 5) is 0. The van der Waals surface area contributed by atoms with Crippen molar-refractivity contribution in [2.75, 3.05) is 13.7 Å². The van der Waals surface area contributed by atoms with E-state index in [2.05, 4.69) is 61.4 Å². The molecule has 7 heteroatoms. The number of fused-ring (bicyclic) bond motifs is 7. The first kappa shape index (κ1) is 28.6. The first-order valence-electron chi connectivity index (χ1n) is 16.9. The molecule has 2 aromatic carbocycles. The second-order valence-corrected chi connectivity index (χ2v) is 14.8. The highest BCUT2D eigenvalue weighted by molar-refractivity contribution is 5.41. The van der Waals surface area contributed by atoms with Gasteiger partial charge in [-0.25, -0.2) is 4.68 Å². The molecule has 5 aliphatic rings. The van der Waals surface area contributed by atoms with Gasteiger partial charge < -0.3 is 18.9 Å². The van der Waals surface area contributed by atoms with Crippen LogP contribution >= 0.6 is 0 Å². The maximum Gasteiger partial charge on any atom is 0.171 e. The highest BCUT2D eigenvalue weighted by Gasteiger charge is 2.67. The molecular weight excluding hydrogens is 550 g/mol. The fourth-order valence-corrected chi connectivity index (χ4v) is 10.2. The third-order valence-electron chi connectivity index (χ3n) is 12.4. The molecule has 1 spiro atoms. The smallest absolute Gasteiger partial charge is 0.171 e. The standard InChI is InChI=1S/C37H47N3O4/c1-23-13-16-37(43-21-23)24(2)35-34(44-37)18-33-32-11-7-26-17-29(10-12-30(26)31(32)14-15-36(33,35)3)42-22-27-20-40(39-38-27)19-25-5-8-28(41-4)9-6-25/h5-6,8-10,12,17,20,23-24,31-35H,7,11,13-16,18-19,21-22H2,1-4H3/t23-,24+,31-,32-,33+,34+,35+,36+,37-/m1/s1. The van der Waals surface area contributed by atoms with Gasteiger partial charge in [-0.2, -0.15) is 0 Å². The van der Waals surface area contributed by atoms with E-state index in [-0.39, 0.29) is 5.79 Å². The molecule has 44 heavy (non-hydrogen) atoms. The van der Waals surface area contributed by atoms with Crippen LogP contribution in [0.1, 0.15) is 87.6 Å². The first-order valence-corrected chi connectivity index (χ1v) is 16.9. The quantitative estimate of drug-likeness (QED) is 0.300. The summed E-state index contributed by atoms with van der Waals surface area (Å²) < 4.78 is 26.8. The minimum absolute atomic E-state index is 0.326. The minimum atomic E-state index is -0.326. The third kappa shape index (κ3) is 4.68. The average Bonchev–Trinajstić information content (AvgIpc) is 3.69. The Kier molecular flexibility index (Phi) is 7.06. The number of aryl methyl sites for hydroxylation is 1. The lowest BCUT2D eigenvalue weighted by molar-refractivity contribution is -0.272. The van der Waals surface area contributed by atoms with Gasteiger partial charge in [0.25, 0.3) is 0 Å². The van der Waals surface area contributed by atoms with Crippen molar-refractivity contribution >= 4 is 0 Å². The summed E-state index contributed by atoms with van der Waals surface area (Å²) in [7, 11) is 1.68. The molecule has 3 aromatic rings. The SMILES string of the molecule is COc1ccc(Cn2cc(COc3ccc4c(c3)CC[C@@H]3[C@@H]4CC[C@]4(C)[C@@H]5[C@H](C[C@@H]34)O[C@]3(CC[C@@H](C)CO3)[C@H]5C)nn2)cc1. The number of aromatic nitrogens is 3. The zero-order valence-corrected chi connectivity index (χ0v) is 26.7. The van der Waals surface area contributed by atoms with Gasteiger partial charge >= 0.3 is 0 Å². The molecular formula is C37H47N3O4. The second kappa shape index (κ2) is 10.9. The van der Waals surface area contributed by atoms with Gasteiger partial charge in [0.1, 0.15) is 23.8 Å². The van der Waals surface area contributed by atoms with E-state index < -0.39 is 0 Å². The number of ether oxygens (including phenoxy) is 4. The summed E-state index contributed by atoms with van der Waals surface area (Å²) in [5.74, 6) is 5.34. The van der Waals surface area contributed by atoms with E-state index in [4.69, 9.17) is 18.9 Å². The molecule has 0 radical (unpaired) electrons. The molecule has 0 bridgehead atoms. The molecule has 9 atom stereocenters. The Morgan fingerprint density at radius 1 is 1.02 bits per heavy atom. The van der Waals surface area contributed by atoms with Gasteiger partial charge in [-0.1, -0.05) is 44.2 Å². The number of hydrogen-bond acceptors (Lipinski definition) is 6. The Hall–Kier alpha value is -2.90. The first-order chi connectivity index (χ1) is 21.3. The van der Waals surface area contributed by atoms with E-state index in [0.717, 1.165) is 54.0 Å². The fraction of sp³-hybridized carbons (Fsp3) is 0.622. The van der Waals surface area contributed by atoms with Crippen molar-refractivity contribution in [2.45, 2.75) is 96.7 Å². The molecule has 234 valence electrons. The monoisotopic (exact) mass is 597 g/mol. The highest BCUT2D eigenvalue weighted by Crippen LogP contribution is 2.69. The molecule has 2 saturated carbocycles. The van der Waals surface area contributed by atoms with Crippen LogP contribution in [-0.4, -0.2) is 40.6 Å². The van der Waals surface area contributed by atoms with Crippen molar-refractivity contribution in [1.82, 2.24) is 15.0 Å². The summed E-state index contributed by atoms with van der Waals surface area (Å²) in [6.45, 7) is 9.29. The lowest BCUT2D eigenvalue weighted by atomic mass is 9.53. The molecule has 7 nitrogen and oxygen atoms in total. The number of benzene rings is 2. The van der Waals surface area contributed by atoms with Crippen molar-refractivity contribution < 1.29 is 18.9 Å². The minimum Gasteiger partial charge on any atom is -0.497 e. The van der Waals surface area contributed by atoms with E-state index >= 15 is 0 Å². The van der Waals surface area contributed by atoms with Crippen LogP contribution < -0.4 is 9.47 Å². The molecule has 3 heterocycles. The van der Waals surface area contributed by atoms with Crippen LogP contribution in [0.15, 0.2) is 48.7 Å². The van der Waals surface area contributed by atoms with Gasteiger partial charge in [0.15, 0.2) is 5.79 Å². The van der Waals surface area contributed by atoms with Crippen LogP contribution in [0.4, 0.5) is 0 Å². The number of rotatable bonds is 6. The molecule has 8 rings (SSSR count). The van der Waals surface area contributed by atoms with Crippen LogP contribution in [0, 0.1) is 35.0 Å². The molecule has 2 saturated heterocycles. The Balaban J connectivity index is 0.917. The number of hydrogen-bond donors (Lipinski definition) is 0. The number of methoxy groups -OCH3 is 1. The predicted octanol–water partition coefficient (Wildman–Crippen LogP) is 7.17. The second-order valence-electron chi connectivity index (χ2n) is 14.8. The summed E-state index contributed by atoms with van der Waals surface area (Å²) in [5.41, 5.74) is 5.38. The molecule has 3 aliphatic carbocycles. The average molecular weight is 598 g/mol. The maximum atomic E-state index is 6.95. The summed E-state index contributed by atoms with van der Waals surface area (Å²) in [6, 6.07) is 14.9. The predicted molar refractivity (Wildman–Crippen MR) is 167 cm³/mol. The van der Waals surface area contributed by atoms with Gasteiger partial charge in [0.2, 0.25) is 0 Å². The number of nitrogens with zero attached hydrogens (tertiary/aromatic N) is 3. The van der Waals surface area contributed by atoms with Crippen molar-refractivity contribution in [1.29, 1.82) is 0 Å². The molecule has 2 aliphatic heterocycles. The van der Waals surface area contributed by atoms with Crippen molar-refractivity contribution in [2.24, 2.45) is 35.0 Å². The van der Waals surface area contributed by atoms with Crippen LogP contribution in [0.3, 0.4) is 0 Å². The lowest BCUT2D eigenvalue weighted by Gasteiger charge is -2.52. The topological polar surface area (TPSA) is 67.6 Å². The normalized spacial score (nSPS) is 37.2. The van der Waals surface area contributed by atoms with Crippen LogP contribution in [0.2, 0.25) is 0 Å². The van der Waals surface area contributed by atoms with Crippen LogP contribution in [0.25, 0.3) is 0 Å². The molecule has 0 unspecified atom stereocenters. The van der Waals surface area contributed by atoms with Crippen molar-refractivity contribution in [3.05, 3.63) is 71.0 Å². The lowest BCUT2D eigenvalue weighted by Crippen LogP contribution is -2.48. The molecule has 4 fully saturated rings. The van der Waals surface area contributed by atoms with Crippen molar-refractivity contribution in [3.8, 4) is 11.5 Å². The Labute approximate surface area is 261 Å². The van der Waals surface area contributed by atoms with Gasteiger partial charge in [0, 0.05) is 12.3 Å². The van der Waals surface area contributed by atoms with Gasteiger partial charge in [-0.15, -0.1) is 5.10 Å². The zero-order chi connectivity index (χ0) is 30.1. The van der Waals surface area contributed by atoms with Gasteiger partial charge in [-0.05, 0) is 114 Å².